The second kappa shape index (κ2) is 66.9. The largest absolute Gasteiger partial charge is 0.472 e. The van der Waals surface area contributed by atoms with Gasteiger partial charge >= 0.3 is 19.8 Å². The van der Waals surface area contributed by atoms with E-state index in [4.69, 9.17) is 18.5 Å². The van der Waals surface area contributed by atoms with Crippen molar-refractivity contribution in [2.75, 3.05) is 47.5 Å². The normalized spacial score (nSPS) is 13.5. The van der Waals surface area contributed by atoms with E-state index in [1.165, 1.54) is 238 Å². The number of quaternary nitrogens is 1. The Kier molecular flexibility index (Phi) is 64.9. The first-order valence-electron chi connectivity index (χ1n) is 36.7. The number of hydrogen-bond acceptors (Lipinski definition) is 7. The van der Waals surface area contributed by atoms with Crippen LogP contribution in [0.3, 0.4) is 0 Å². The number of ether oxygens (including phenoxy) is 2. The molecule has 0 aromatic heterocycles. The lowest BCUT2D eigenvalue weighted by molar-refractivity contribution is -0.870. The molecule has 2 unspecified atom stereocenters. The summed E-state index contributed by atoms with van der Waals surface area (Å²) in [6, 6.07) is 0. The molecule has 10 heteroatoms. The number of nitrogens with zero attached hydrogens (tertiary/aromatic N) is 1. The van der Waals surface area contributed by atoms with Crippen LogP contribution in [0.5, 0.6) is 0 Å². The summed E-state index contributed by atoms with van der Waals surface area (Å²) in [6.45, 7) is 4.35. The molecular weight excluding hydrogens is 1090 g/mol. The number of carbonyl (C=O) groups is 2. The Labute approximate surface area is 533 Å². The Morgan fingerprint density at radius 1 is 0.372 bits per heavy atom. The van der Waals surface area contributed by atoms with E-state index in [0.29, 0.717) is 23.9 Å². The molecule has 86 heavy (non-hydrogen) atoms. The van der Waals surface area contributed by atoms with E-state index in [9.17, 15) is 19.0 Å². The number of allylic oxidation sites excluding steroid dienone is 12. The first-order valence-corrected chi connectivity index (χ1v) is 38.2. The summed E-state index contributed by atoms with van der Waals surface area (Å²) in [5, 5.41) is 0. The lowest BCUT2D eigenvalue weighted by atomic mass is 10.0. The van der Waals surface area contributed by atoms with Crippen LogP contribution in [0.2, 0.25) is 0 Å². The molecule has 0 amide bonds. The summed E-state index contributed by atoms with van der Waals surface area (Å²) >= 11 is 0. The number of phosphoric acid groups is 1. The Hall–Kier alpha value is -2.55. The fraction of sp³-hybridized carbons (Fsp3) is 0.816. The van der Waals surface area contributed by atoms with Crippen molar-refractivity contribution in [3.63, 3.8) is 0 Å². The second-order valence-corrected chi connectivity index (χ2v) is 27.4. The molecule has 9 nitrogen and oxygen atoms in total. The second-order valence-electron chi connectivity index (χ2n) is 25.9. The molecule has 0 aliphatic rings. The number of carbonyl (C=O) groups excluding carboxylic acids is 2. The van der Waals surface area contributed by atoms with Gasteiger partial charge in [-0.1, -0.05) is 324 Å². The van der Waals surface area contributed by atoms with Crippen LogP contribution in [-0.4, -0.2) is 74.9 Å². The quantitative estimate of drug-likeness (QED) is 0.0211. The smallest absolute Gasteiger partial charge is 0.462 e. The zero-order chi connectivity index (χ0) is 62.6. The molecule has 0 rings (SSSR count). The molecule has 502 valence electrons. The van der Waals surface area contributed by atoms with E-state index in [2.05, 4.69) is 86.8 Å². The summed E-state index contributed by atoms with van der Waals surface area (Å²) in [7, 11) is 1.48. The lowest BCUT2D eigenvalue weighted by Crippen LogP contribution is -2.37. The molecule has 0 heterocycles. The summed E-state index contributed by atoms with van der Waals surface area (Å²) in [6.07, 6.45) is 90.3. The van der Waals surface area contributed by atoms with Gasteiger partial charge in [-0.25, -0.2) is 4.57 Å². The minimum Gasteiger partial charge on any atom is -0.462 e. The van der Waals surface area contributed by atoms with Crippen molar-refractivity contribution in [1.29, 1.82) is 0 Å². The molecule has 0 radical (unpaired) electrons. The molecule has 0 saturated carbocycles. The van der Waals surface area contributed by atoms with Crippen molar-refractivity contribution in [2.45, 2.75) is 354 Å². The number of hydrogen-bond donors (Lipinski definition) is 1. The molecule has 0 aromatic rings. The standard InChI is InChI=1S/C76H140NO8P/c1-6-8-10-12-14-16-18-20-22-24-26-28-30-31-32-33-34-35-36-37-38-39-40-41-42-43-44-45-47-48-50-52-54-56-58-60-62-64-66-68-75(78)82-72-74(73-84-86(80,81)83-71-70-77(3,4)5)85-76(79)69-67-65-63-61-59-57-55-53-51-49-46-29-27-25-23-21-19-17-15-13-11-9-7-2/h9,11,15,17-18,20-21,23-24,26-27,29,74H,6-8,10,12-14,16,19,22,25,28,30-73H2,1-5H3/p+1/b11-9-,17-15-,20-18-,23-21-,26-24-,29-27-. The third-order valence-corrected chi connectivity index (χ3v) is 17.2. The fourth-order valence-electron chi connectivity index (χ4n) is 10.6. The molecule has 0 aliphatic carbocycles. The number of phosphoric ester groups is 1. The fourth-order valence-corrected chi connectivity index (χ4v) is 11.4. The summed E-state index contributed by atoms with van der Waals surface area (Å²) in [5.74, 6) is -0.789. The molecule has 0 bridgehead atoms. The van der Waals surface area contributed by atoms with Gasteiger partial charge in [0.15, 0.2) is 6.10 Å². The minimum atomic E-state index is -4.39. The zero-order valence-corrected chi connectivity index (χ0v) is 58.2. The van der Waals surface area contributed by atoms with E-state index >= 15 is 0 Å². The van der Waals surface area contributed by atoms with Gasteiger partial charge in [0.2, 0.25) is 0 Å². The van der Waals surface area contributed by atoms with Crippen LogP contribution in [0.25, 0.3) is 0 Å². The third kappa shape index (κ3) is 70.5. The van der Waals surface area contributed by atoms with Crippen molar-refractivity contribution in [1.82, 2.24) is 0 Å². The maximum atomic E-state index is 12.9. The maximum Gasteiger partial charge on any atom is 0.472 e. The lowest BCUT2D eigenvalue weighted by Gasteiger charge is -2.24. The molecule has 0 fully saturated rings. The van der Waals surface area contributed by atoms with Crippen LogP contribution >= 0.6 is 7.82 Å². The first-order chi connectivity index (χ1) is 42.0. The topological polar surface area (TPSA) is 108 Å². The van der Waals surface area contributed by atoms with Gasteiger partial charge in [-0.3, -0.25) is 18.6 Å². The van der Waals surface area contributed by atoms with E-state index in [-0.39, 0.29) is 25.6 Å². The van der Waals surface area contributed by atoms with Crippen LogP contribution in [-0.2, 0) is 32.7 Å². The maximum absolute atomic E-state index is 12.9. The highest BCUT2D eigenvalue weighted by atomic mass is 31.2. The number of unbranched alkanes of at least 4 members (excludes halogenated alkanes) is 42. The monoisotopic (exact) mass is 1230 g/mol. The van der Waals surface area contributed by atoms with Crippen molar-refractivity contribution >= 4 is 19.8 Å². The van der Waals surface area contributed by atoms with Gasteiger partial charge in [0.1, 0.15) is 19.8 Å². The molecule has 0 aromatic carbocycles. The average molecular weight is 1230 g/mol. The highest BCUT2D eigenvalue weighted by molar-refractivity contribution is 7.47. The van der Waals surface area contributed by atoms with E-state index in [0.717, 1.165) is 77.0 Å². The van der Waals surface area contributed by atoms with E-state index in [1.54, 1.807) is 0 Å². The number of esters is 2. The molecule has 0 saturated heterocycles. The molecular formula is C76H141NO8P+. The Balaban J connectivity index is 3.92. The van der Waals surface area contributed by atoms with Gasteiger partial charge in [-0.05, 0) is 83.5 Å². The van der Waals surface area contributed by atoms with Gasteiger partial charge in [-0.2, -0.15) is 0 Å². The Morgan fingerprint density at radius 2 is 0.663 bits per heavy atom. The minimum absolute atomic E-state index is 0.0303. The van der Waals surface area contributed by atoms with Crippen LogP contribution in [0.15, 0.2) is 72.9 Å². The van der Waals surface area contributed by atoms with Crippen LogP contribution in [0, 0.1) is 0 Å². The summed E-state index contributed by atoms with van der Waals surface area (Å²) in [4.78, 5) is 35.9. The van der Waals surface area contributed by atoms with Crippen LogP contribution in [0.1, 0.15) is 348 Å². The van der Waals surface area contributed by atoms with Gasteiger partial charge in [0.05, 0.1) is 27.7 Å². The SMILES string of the molecule is CC/C=C\C/C=C\C/C=C\C/C=C\CCCCCCCCCCCCC(=O)OC(COC(=O)CCCCCCCCCCCCCCCCCCCCCCCCCCCCC/C=C\C/C=C\CCCCCCC)COP(=O)(O)OCC[N+](C)(C)C. The highest BCUT2D eigenvalue weighted by Gasteiger charge is 2.27. The summed E-state index contributed by atoms with van der Waals surface area (Å²) < 4.78 is 34.7. The van der Waals surface area contributed by atoms with Crippen LogP contribution in [0.4, 0.5) is 0 Å². The third-order valence-electron chi connectivity index (χ3n) is 16.2. The van der Waals surface area contributed by atoms with Crippen molar-refractivity contribution in [3.8, 4) is 0 Å². The Bertz CT molecular complexity index is 1680. The van der Waals surface area contributed by atoms with Gasteiger partial charge in [0, 0.05) is 12.8 Å². The Morgan fingerprint density at radius 3 is 0.988 bits per heavy atom. The van der Waals surface area contributed by atoms with E-state index < -0.39 is 26.5 Å². The van der Waals surface area contributed by atoms with Gasteiger partial charge in [-0.15, -0.1) is 0 Å². The molecule has 0 aliphatic heterocycles. The van der Waals surface area contributed by atoms with Crippen LogP contribution < -0.4 is 0 Å². The van der Waals surface area contributed by atoms with Gasteiger partial charge in [0.25, 0.3) is 0 Å². The summed E-state index contributed by atoms with van der Waals surface area (Å²) in [5.41, 5.74) is 0. The first kappa shape index (κ1) is 83.5. The van der Waals surface area contributed by atoms with Crippen molar-refractivity contribution in [3.05, 3.63) is 72.9 Å². The van der Waals surface area contributed by atoms with E-state index in [1.807, 2.05) is 21.1 Å². The van der Waals surface area contributed by atoms with Crippen molar-refractivity contribution in [2.24, 2.45) is 0 Å². The average Bonchev–Trinajstić information content (AvgIpc) is 3.56. The molecule has 2 atom stereocenters. The zero-order valence-electron chi connectivity index (χ0n) is 57.3. The predicted octanol–water partition coefficient (Wildman–Crippen LogP) is 23.9. The number of likely N-dealkylation sites (N-methyl/N-ethyl adjacent to an activating group) is 1. The van der Waals surface area contributed by atoms with Crippen molar-refractivity contribution < 1.29 is 42.1 Å². The highest BCUT2D eigenvalue weighted by Crippen LogP contribution is 2.43. The molecule has 1 N–H and O–H groups in total. The predicted molar refractivity (Wildman–Crippen MR) is 372 cm³/mol. The molecule has 0 spiro atoms. The van der Waals surface area contributed by atoms with Gasteiger partial charge < -0.3 is 18.9 Å². The number of rotatable bonds is 68.